The highest BCUT2D eigenvalue weighted by atomic mass is 32.1. The normalized spacial score (nSPS) is 10.9. The molecule has 7 nitrogen and oxygen atoms in total. The summed E-state index contributed by atoms with van der Waals surface area (Å²) in [5, 5.41) is 2.55. The number of ketones is 1. The molecule has 0 atom stereocenters. The number of hydrogen-bond donors (Lipinski definition) is 0. The van der Waals surface area contributed by atoms with E-state index in [9.17, 15) is 9.59 Å². The first kappa shape index (κ1) is 20.9. The number of thiazole rings is 1. The molecule has 0 N–H and O–H groups in total. The van der Waals surface area contributed by atoms with Gasteiger partial charge in [-0.05, 0) is 32.0 Å². The van der Waals surface area contributed by atoms with Crippen LogP contribution < -0.4 is 0 Å². The first-order valence-corrected chi connectivity index (χ1v) is 10.1. The summed E-state index contributed by atoms with van der Waals surface area (Å²) < 4.78 is 12.3. The Morgan fingerprint density at radius 2 is 2.07 bits per heavy atom. The van der Waals surface area contributed by atoms with Gasteiger partial charge in [0.25, 0.3) is 0 Å². The Morgan fingerprint density at radius 3 is 2.79 bits per heavy atom. The molecule has 3 rings (SSSR count). The van der Waals surface area contributed by atoms with Crippen LogP contribution in [0.15, 0.2) is 35.8 Å². The largest absolute Gasteiger partial charge is 0.457 e. The van der Waals surface area contributed by atoms with Crippen LogP contribution in [0.1, 0.15) is 27.4 Å². The Hall–Kier alpha value is -2.84. The minimum Gasteiger partial charge on any atom is -0.457 e. The molecule has 0 fully saturated rings. The fraction of sp³-hybridized carbons (Fsp3) is 0.333. The maximum absolute atomic E-state index is 12.5. The van der Waals surface area contributed by atoms with Crippen molar-refractivity contribution < 1.29 is 19.1 Å². The molecule has 8 heteroatoms. The molecule has 0 aliphatic rings. The smallest absolute Gasteiger partial charge is 0.312 e. The highest BCUT2D eigenvalue weighted by molar-refractivity contribution is 7.13. The van der Waals surface area contributed by atoms with Gasteiger partial charge in [0.05, 0.1) is 24.4 Å². The van der Waals surface area contributed by atoms with Crippen molar-refractivity contribution in [2.24, 2.45) is 0 Å². The minimum absolute atomic E-state index is 0.0173. The molecule has 3 aromatic rings. The number of methoxy groups -OCH3 is 1. The molecule has 0 aromatic carbocycles. The molecule has 0 saturated carbocycles. The van der Waals surface area contributed by atoms with E-state index in [1.165, 1.54) is 11.3 Å². The van der Waals surface area contributed by atoms with Crippen LogP contribution in [0, 0.1) is 13.8 Å². The minimum atomic E-state index is -0.482. The zero-order chi connectivity index (χ0) is 20.8. The van der Waals surface area contributed by atoms with Gasteiger partial charge in [0, 0.05) is 42.2 Å². The monoisotopic (exact) mass is 413 g/mol. The topological polar surface area (TPSA) is 83.3 Å². The van der Waals surface area contributed by atoms with E-state index in [0.29, 0.717) is 24.4 Å². The lowest BCUT2D eigenvalue weighted by atomic mass is 10.1. The zero-order valence-corrected chi connectivity index (χ0v) is 17.5. The number of aromatic nitrogens is 3. The van der Waals surface area contributed by atoms with Crippen LogP contribution in [0.3, 0.4) is 0 Å². The summed E-state index contributed by atoms with van der Waals surface area (Å²) in [4.78, 5) is 33.3. The molecule has 3 aromatic heterocycles. The molecule has 0 aliphatic carbocycles. The summed E-state index contributed by atoms with van der Waals surface area (Å²) in [6.45, 7) is 4.76. The van der Waals surface area contributed by atoms with E-state index in [1.807, 2.05) is 42.7 Å². The van der Waals surface area contributed by atoms with E-state index in [-0.39, 0.29) is 18.8 Å². The number of Topliss-reactive ketones (excluding diaryl/α,β-unsaturated/α-hetero) is 1. The van der Waals surface area contributed by atoms with E-state index in [4.69, 9.17) is 9.47 Å². The third kappa shape index (κ3) is 5.16. The average molecular weight is 413 g/mol. The Morgan fingerprint density at radius 1 is 1.24 bits per heavy atom. The van der Waals surface area contributed by atoms with Crippen molar-refractivity contribution in [2.45, 2.75) is 26.8 Å². The number of aryl methyl sites for hydroxylation is 1. The average Bonchev–Trinajstić information content (AvgIpc) is 3.30. The molecule has 152 valence electrons. The van der Waals surface area contributed by atoms with Crippen LogP contribution in [0.5, 0.6) is 0 Å². The summed E-state index contributed by atoms with van der Waals surface area (Å²) in [6, 6.07) is 7.40. The number of hydrogen-bond acceptors (Lipinski definition) is 7. The summed E-state index contributed by atoms with van der Waals surface area (Å²) >= 11 is 1.42. The van der Waals surface area contributed by atoms with Crippen molar-refractivity contribution in [2.75, 3.05) is 20.3 Å². The van der Waals surface area contributed by atoms with Gasteiger partial charge in [-0.3, -0.25) is 14.6 Å². The van der Waals surface area contributed by atoms with Gasteiger partial charge in [0.1, 0.15) is 5.01 Å². The molecular formula is C21H23N3O4S. The lowest BCUT2D eigenvalue weighted by Crippen LogP contribution is -2.16. The van der Waals surface area contributed by atoms with Gasteiger partial charge in [-0.25, -0.2) is 4.98 Å². The van der Waals surface area contributed by atoms with Gasteiger partial charge in [-0.15, -0.1) is 11.3 Å². The SMILES string of the molecule is COCCn1c(C)cc(C(=O)COC(=O)Cc2csc(-c3ccccn3)n2)c1C. The standard InChI is InChI=1S/C21H23N3O4S/c1-14-10-17(15(2)24(14)8-9-27-3)19(25)12-28-20(26)11-16-13-29-21(23-16)18-6-4-5-7-22-18/h4-7,10,13H,8-9,11-12H2,1-3H3. The second kappa shape index (κ2) is 9.58. The van der Waals surface area contributed by atoms with E-state index < -0.39 is 5.97 Å². The van der Waals surface area contributed by atoms with Crippen molar-refractivity contribution >= 4 is 23.1 Å². The van der Waals surface area contributed by atoms with E-state index >= 15 is 0 Å². The predicted molar refractivity (Wildman–Crippen MR) is 110 cm³/mol. The summed E-state index contributed by atoms with van der Waals surface area (Å²) in [5.41, 5.74) is 3.75. The quantitative estimate of drug-likeness (QED) is 0.396. The van der Waals surface area contributed by atoms with Crippen LogP contribution >= 0.6 is 11.3 Å². The Kier molecular flexibility index (Phi) is 6.90. The molecule has 0 bridgehead atoms. The molecular weight excluding hydrogens is 390 g/mol. The molecule has 29 heavy (non-hydrogen) atoms. The van der Waals surface area contributed by atoms with Crippen molar-refractivity contribution in [3.8, 4) is 10.7 Å². The van der Waals surface area contributed by atoms with Crippen LogP contribution in [0.2, 0.25) is 0 Å². The van der Waals surface area contributed by atoms with E-state index in [0.717, 1.165) is 22.1 Å². The zero-order valence-electron chi connectivity index (χ0n) is 16.7. The van der Waals surface area contributed by atoms with Crippen molar-refractivity contribution in [1.29, 1.82) is 0 Å². The number of carbonyl (C=O) groups excluding carboxylic acids is 2. The molecule has 0 amide bonds. The number of ether oxygens (including phenoxy) is 2. The number of esters is 1. The molecule has 0 unspecified atom stereocenters. The number of carbonyl (C=O) groups is 2. The van der Waals surface area contributed by atoms with Crippen LogP contribution in [-0.4, -0.2) is 46.6 Å². The van der Waals surface area contributed by atoms with Gasteiger partial charge >= 0.3 is 5.97 Å². The van der Waals surface area contributed by atoms with Gasteiger partial charge in [0.2, 0.25) is 5.78 Å². The Labute approximate surface area is 173 Å². The maximum atomic E-state index is 12.5. The highest BCUT2D eigenvalue weighted by Crippen LogP contribution is 2.21. The fourth-order valence-corrected chi connectivity index (χ4v) is 3.82. The van der Waals surface area contributed by atoms with Crippen molar-refractivity contribution in [1.82, 2.24) is 14.5 Å². The first-order valence-electron chi connectivity index (χ1n) is 9.20. The Bertz CT molecular complexity index is 995. The van der Waals surface area contributed by atoms with Crippen LogP contribution in [-0.2, 0) is 27.2 Å². The van der Waals surface area contributed by atoms with Crippen molar-refractivity contribution in [3.05, 3.63) is 58.5 Å². The highest BCUT2D eigenvalue weighted by Gasteiger charge is 2.18. The van der Waals surface area contributed by atoms with Gasteiger partial charge in [-0.1, -0.05) is 6.07 Å². The first-order chi connectivity index (χ1) is 14.0. The van der Waals surface area contributed by atoms with Crippen LogP contribution in [0.25, 0.3) is 10.7 Å². The summed E-state index contributed by atoms with van der Waals surface area (Å²) in [6.07, 6.45) is 1.71. The van der Waals surface area contributed by atoms with Crippen LogP contribution in [0.4, 0.5) is 0 Å². The van der Waals surface area contributed by atoms with Gasteiger partial charge in [0.15, 0.2) is 6.61 Å². The fourth-order valence-electron chi connectivity index (χ4n) is 3.03. The second-order valence-electron chi connectivity index (χ2n) is 6.55. The second-order valence-corrected chi connectivity index (χ2v) is 7.41. The van der Waals surface area contributed by atoms with E-state index in [1.54, 1.807) is 18.7 Å². The van der Waals surface area contributed by atoms with Gasteiger partial charge in [-0.2, -0.15) is 0 Å². The van der Waals surface area contributed by atoms with E-state index in [2.05, 4.69) is 9.97 Å². The number of nitrogens with zero attached hydrogens (tertiary/aromatic N) is 3. The molecule has 0 saturated heterocycles. The molecule has 3 heterocycles. The Balaban J connectivity index is 1.56. The molecule has 0 spiro atoms. The third-order valence-corrected chi connectivity index (χ3v) is 5.43. The van der Waals surface area contributed by atoms with Gasteiger partial charge < -0.3 is 14.0 Å². The lowest BCUT2D eigenvalue weighted by Gasteiger charge is -2.09. The molecule has 0 aliphatic heterocycles. The number of rotatable bonds is 9. The summed E-state index contributed by atoms with van der Waals surface area (Å²) in [5.74, 6) is -0.702. The number of pyridine rings is 1. The van der Waals surface area contributed by atoms with Crippen molar-refractivity contribution in [3.63, 3.8) is 0 Å². The summed E-state index contributed by atoms with van der Waals surface area (Å²) in [7, 11) is 1.64. The maximum Gasteiger partial charge on any atom is 0.312 e. The molecule has 0 radical (unpaired) electrons. The lowest BCUT2D eigenvalue weighted by molar-refractivity contribution is -0.141. The third-order valence-electron chi connectivity index (χ3n) is 4.52. The predicted octanol–water partition coefficient (Wildman–Crippen LogP) is 3.24.